The molecule has 0 amide bonds. The van der Waals surface area contributed by atoms with Crippen molar-refractivity contribution in [3.8, 4) is 11.5 Å². The standard InChI is InChI=1S/C20H14O10S2/c21-15-7-5-11(9-17(15)31(24,25)26)20(14-4-2-1-3-13(14)19(23)30-20)12-6-8-16(22)18(10-12)32(27,28)29/h1-10,21-22H,(H,24,25,26)(H,27,28,29). The Bertz CT molecular complexity index is 1410. The van der Waals surface area contributed by atoms with Gasteiger partial charge in [0.25, 0.3) is 20.2 Å². The Hall–Kier alpha value is -3.45. The lowest BCUT2D eigenvalue weighted by Crippen LogP contribution is -2.30. The van der Waals surface area contributed by atoms with Crippen molar-refractivity contribution in [3.05, 3.63) is 82.9 Å². The summed E-state index contributed by atoms with van der Waals surface area (Å²) in [6.45, 7) is 0. The predicted molar refractivity (Wildman–Crippen MR) is 108 cm³/mol. The van der Waals surface area contributed by atoms with Crippen LogP contribution in [-0.4, -0.2) is 42.1 Å². The molecule has 0 bridgehead atoms. The van der Waals surface area contributed by atoms with E-state index >= 15 is 0 Å². The smallest absolute Gasteiger partial charge is 0.340 e. The Kier molecular flexibility index (Phi) is 4.78. The molecule has 0 saturated carbocycles. The third kappa shape index (κ3) is 3.29. The number of ether oxygens (including phenoxy) is 1. The fourth-order valence-electron chi connectivity index (χ4n) is 3.69. The van der Waals surface area contributed by atoms with Gasteiger partial charge in [-0.3, -0.25) is 9.11 Å². The molecule has 0 aromatic heterocycles. The second kappa shape index (κ2) is 7.03. The number of phenolic OH excluding ortho intramolecular Hbond substituents is 2. The Labute approximate surface area is 181 Å². The zero-order valence-corrected chi connectivity index (χ0v) is 17.5. The molecule has 0 spiro atoms. The number of carbonyl (C=O) groups excluding carboxylic acids is 1. The third-order valence-electron chi connectivity index (χ3n) is 5.06. The van der Waals surface area contributed by atoms with Crippen LogP contribution in [0.3, 0.4) is 0 Å². The molecule has 1 aliphatic heterocycles. The minimum absolute atomic E-state index is 0.0618. The van der Waals surface area contributed by atoms with Gasteiger partial charge in [-0.1, -0.05) is 30.3 Å². The first-order chi connectivity index (χ1) is 14.9. The van der Waals surface area contributed by atoms with E-state index < -0.39 is 53.1 Å². The molecule has 10 nitrogen and oxygen atoms in total. The Morgan fingerprint density at radius 3 is 1.66 bits per heavy atom. The quantitative estimate of drug-likeness (QED) is 0.321. The van der Waals surface area contributed by atoms with Crippen LogP contribution in [0, 0.1) is 0 Å². The third-order valence-corrected chi connectivity index (χ3v) is 6.83. The molecule has 4 N–H and O–H groups in total. The minimum Gasteiger partial charge on any atom is -0.506 e. The summed E-state index contributed by atoms with van der Waals surface area (Å²) in [5.74, 6) is -2.36. The Morgan fingerprint density at radius 2 is 1.19 bits per heavy atom. The zero-order valence-electron chi connectivity index (χ0n) is 15.8. The predicted octanol–water partition coefficient (Wildman–Crippen LogP) is 2.05. The summed E-state index contributed by atoms with van der Waals surface area (Å²) >= 11 is 0. The first kappa shape index (κ1) is 21.8. The molecule has 12 heteroatoms. The van der Waals surface area contributed by atoms with Gasteiger partial charge in [0.05, 0.1) is 5.56 Å². The van der Waals surface area contributed by atoms with E-state index in [9.17, 15) is 40.9 Å². The molecule has 0 fully saturated rings. The normalized spacial score (nSPS) is 15.2. The summed E-state index contributed by atoms with van der Waals surface area (Å²) < 4.78 is 71.6. The fourth-order valence-corrected chi connectivity index (χ4v) is 4.91. The molecule has 1 heterocycles. The van der Waals surface area contributed by atoms with Gasteiger partial charge >= 0.3 is 5.97 Å². The van der Waals surface area contributed by atoms with Crippen molar-refractivity contribution in [1.82, 2.24) is 0 Å². The Balaban J connectivity index is 2.13. The topological polar surface area (TPSA) is 176 Å². The van der Waals surface area contributed by atoms with E-state index in [-0.39, 0.29) is 22.3 Å². The number of phenols is 2. The maximum atomic E-state index is 12.7. The van der Waals surface area contributed by atoms with Gasteiger partial charge in [0.1, 0.15) is 21.3 Å². The first-order valence-electron chi connectivity index (χ1n) is 8.80. The van der Waals surface area contributed by atoms with Crippen LogP contribution in [0.4, 0.5) is 0 Å². The van der Waals surface area contributed by atoms with E-state index in [1.807, 2.05) is 0 Å². The van der Waals surface area contributed by atoms with Crippen LogP contribution in [0.2, 0.25) is 0 Å². The molecule has 3 aromatic carbocycles. The molecule has 32 heavy (non-hydrogen) atoms. The van der Waals surface area contributed by atoms with E-state index in [4.69, 9.17) is 4.74 Å². The highest BCUT2D eigenvalue weighted by Gasteiger charge is 2.49. The van der Waals surface area contributed by atoms with Gasteiger partial charge in [0.15, 0.2) is 5.60 Å². The van der Waals surface area contributed by atoms with Gasteiger partial charge in [-0.15, -0.1) is 0 Å². The Morgan fingerprint density at radius 1 is 0.719 bits per heavy atom. The number of aromatic hydroxyl groups is 2. The van der Waals surface area contributed by atoms with Crippen molar-refractivity contribution in [2.24, 2.45) is 0 Å². The van der Waals surface area contributed by atoms with Gasteiger partial charge in [-0.05, 0) is 30.3 Å². The number of esters is 1. The number of fused-ring (bicyclic) bond motifs is 1. The minimum atomic E-state index is -4.89. The van der Waals surface area contributed by atoms with Crippen LogP contribution in [0.25, 0.3) is 0 Å². The average molecular weight is 478 g/mol. The maximum Gasteiger partial charge on any atom is 0.340 e. The van der Waals surface area contributed by atoms with E-state index in [1.165, 1.54) is 24.3 Å². The van der Waals surface area contributed by atoms with Crippen molar-refractivity contribution in [1.29, 1.82) is 0 Å². The van der Waals surface area contributed by atoms with Crippen LogP contribution in [0.5, 0.6) is 11.5 Å². The highest BCUT2D eigenvalue weighted by molar-refractivity contribution is 7.86. The van der Waals surface area contributed by atoms with Gasteiger partial charge in [0.2, 0.25) is 0 Å². The molecule has 0 unspecified atom stereocenters. The van der Waals surface area contributed by atoms with Crippen molar-refractivity contribution in [3.63, 3.8) is 0 Å². The highest BCUT2D eigenvalue weighted by Crippen LogP contribution is 2.48. The maximum absolute atomic E-state index is 12.7. The second-order valence-electron chi connectivity index (χ2n) is 6.93. The molecular formula is C20H14O10S2. The lowest BCUT2D eigenvalue weighted by Gasteiger charge is -2.31. The summed E-state index contributed by atoms with van der Waals surface area (Å²) in [6.07, 6.45) is 0. The van der Waals surface area contributed by atoms with Crippen molar-refractivity contribution >= 4 is 26.2 Å². The molecule has 0 aliphatic carbocycles. The van der Waals surface area contributed by atoms with E-state index in [0.717, 1.165) is 24.3 Å². The first-order valence-corrected chi connectivity index (χ1v) is 11.7. The van der Waals surface area contributed by atoms with Crippen LogP contribution in [0.1, 0.15) is 27.0 Å². The monoisotopic (exact) mass is 478 g/mol. The lowest BCUT2D eigenvalue weighted by atomic mass is 9.80. The number of carbonyl (C=O) groups is 1. The molecule has 4 rings (SSSR count). The number of rotatable bonds is 4. The molecule has 166 valence electrons. The number of hydrogen-bond donors (Lipinski definition) is 4. The molecule has 0 atom stereocenters. The van der Waals surface area contributed by atoms with Crippen LogP contribution in [0.15, 0.2) is 70.5 Å². The van der Waals surface area contributed by atoms with Gasteiger partial charge in [0, 0.05) is 16.7 Å². The molecular weight excluding hydrogens is 464 g/mol. The SMILES string of the molecule is O=C1OC(c2ccc(O)c(S(=O)(=O)O)c2)(c2ccc(O)c(S(=O)(=O)O)c2)c2ccccc21. The summed E-state index contributed by atoms with van der Waals surface area (Å²) in [5.41, 5.74) is -1.77. The van der Waals surface area contributed by atoms with Crippen LogP contribution < -0.4 is 0 Å². The second-order valence-corrected chi connectivity index (χ2v) is 9.71. The molecule has 0 saturated heterocycles. The van der Waals surface area contributed by atoms with E-state index in [0.29, 0.717) is 0 Å². The number of cyclic esters (lactones) is 1. The number of benzene rings is 3. The number of hydrogen-bond acceptors (Lipinski definition) is 8. The van der Waals surface area contributed by atoms with E-state index in [2.05, 4.69) is 0 Å². The lowest BCUT2D eigenvalue weighted by molar-refractivity contribution is 0.0250. The molecule has 1 aliphatic rings. The van der Waals surface area contributed by atoms with Gasteiger partial charge in [-0.2, -0.15) is 16.8 Å². The van der Waals surface area contributed by atoms with Crippen LogP contribution in [-0.2, 0) is 30.6 Å². The summed E-state index contributed by atoms with van der Waals surface area (Å²) in [7, 11) is -9.78. The summed E-state index contributed by atoms with van der Waals surface area (Å²) in [5, 5.41) is 19.8. The van der Waals surface area contributed by atoms with Crippen molar-refractivity contribution in [2.75, 3.05) is 0 Å². The summed E-state index contributed by atoms with van der Waals surface area (Å²) in [4.78, 5) is 10.9. The average Bonchev–Trinajstić information content (AvgIpc) is 3.01. The molecule has 0 radical (unpaired) electrons. The summed E-state index contributed by atoms with van der Waals surface area (Å²) in [6, 6.07) is 12.1. The van der Waals surface area contributed by atoms with Crippen molar-refractivity contribution in [2.45, 2.75) is 15.4 Å². The van der Waals surface area contributed by atoms with Gasteiger partial charge in [-0.25, -0.2) is 4.79 Å². The van der Waals surface area contributed by atoms with Gasteiger partial charge < -0.3 is 14.9 Å². The van der Waals surface area contributed by atoms with Crippen molar-refractivity contribution < 1.29 is 45.7 Å². The largest absolute Gasteiger partial charge is 0.506 e. The fraction of sp³-hybridized carbons (Fsp3) is 0.0500. The zero-order chi connectivity index (χ0) is 23.5. The molecule has 3 aromatic rings. The van der Waals surface area contributed by atoms with Crippen LogP contribution >= 0.6 is 0 Å². The van der Waals surface area contributed by atoms with E-state index in [1.54, 1.807) is 12.1 Å². The highest BCUT2D eigenvalue weighted by atomic mass is 32.2.